The molecule has 0 aliphatic heterocycles. The van der Waals surface area contributed by atoms with Crippen LogP contribution in [0.1, 0.15) is 0 Å². The molecular formula is C12H7BrClN3. The lowest BCUT2D eigenvalue weighted by atomic mass is 10.2. The van der Waals surface area contributed by atoms with Crippen LogP contribution in [-0.4, -0.2) is 14.4 Å². The van der Waals surface area contributed by atoms with Crippen LogP contribution in [-0.2, 0) is 0 Å². The van der Waals surface area contributed by atoms with Gasteiger partial charge in [-0.05, 0) is 12.1 Å². The summed E-state index contributed by atoms with van der Waals surface area (Å²) in [6.07, 6.45) is 5.20. The van der Waals surface area contributed by atoms with E-state index >= 15 is 0 Å². The van der Waals surface area contributed by atoms with Crippen molar-refractivity contribution in [3.05, 3.63) is 52.4 Å². The van der Waals surface area contributed by atoms with Crippen LogP contribution in [0.25, 0.3) is 17.0 Å². The highest BCUT2D eigenvalue weighted by molar-refractivity contribution is 9.10. The van der Waals surface area contributed by atoms with Crippen LogP contribution in [0, 0.1) is 0 Å². The first kappa shape index (κ1) is 10.7. The molecule has 2 heterocycles. The SMILES string of the molecule is Clc1cnc2ncc(-c3ccc(Br)cc3)n2c1. The number of halogens is 2. The number of aromatic nitrogens is 3. The summed E-state index contributed by atoms with van der Waals surface area (Å²) in [4.78, 5) is 8.40. The van der Waals surface area contributed by atoms with Crippen LogP contribution < -0.4 is 0 Å². The second kappa shape index (κ2) is 4.13. The molecule has 0 radical (unpaired) electrons. The van der Waals surface area contributed by atoms with Gasteiger partial charge in [0.1, 0.15) is 0 Å². The number of benzene rings is 1. The summed E-state index contributed by atoms with van der Waals surface area (Å²) in [6, 6.07) is 8.03. The van der Waals surface area contributed by atoms with E-state index in [2.05, 4.69) is 25.9 Å². The lowest BCUT2D eigenvalue weighted by Gasteiger charge is -2.01. The third-order valence-electron chi connectivity index (χ3n) is 2.47. The number of hydrogen-bond donors (Lipinski definition) is 0. The Labute approximate surface area is 111 Å². The first-order valence-electron chi connectivity index (χ1n) is 4.98. The lowest BCUT2D eigenvalue weighted by Crippen LogP contribution is -1.90. The minimum atomic E-state index is 0.592. The van der Waals surface area contributed by atoms with Crippen molar-refractivity contribution in [2.75, 3.05) is 0 Å². The molecule has 0 fully saturated rings. The van der Waals surface area contributed by atoms with Gasteiger partial charge in [0.2, 0.25) is 5.78 Å². The fourth-order valence-corrected chi connectivity index (χ4v) is 2.09. The van der Waals surface area contributed by atoms with Gasteiger partial charge in [0, 0.05) is 16.2 Å². The molecule has 3 nitrogen and oxygen atoms in total. The molecule has 3 aromatic rings. The molecule has 0 amide bonds. The van der Waals surface area contributed by atoms with E-state index in [0.29, 0.717) is 10.8 Å². The van der Waals surface area contributed by atoms with E-state index < -0.39 is 0 Å². The lowest BCUT2D eigenvalue weighted by molar-refractivity contribution is 1.11. The molecule has 0 bridgehead atoms. The van der Waals surface area contributed by atoms with Crippen LogP contribution in [0.3, 0.4) is 0 Å². The Balaban J connectivity index is 2.23. The van der Waals surface area contributed by atoms with E-state index in [9.17, 15) is 0 Å². The number of rotatable bonds is 1. The average Bonchev–Trinajstić information content (AvgIpc) is 2.73. The predicted molar refractivity (Wildman–Crippen MR) is 71.1 cm³/mol. The first-order valence-corrected chi connectivity index (χ1v) is 6.16. The summed E-state index contributed by atoms with van der Waals surface area (Å²) in [5, 5.41) is 0.592. The molecule has 0 unspecified atom stereocenters. The van der Waals surface area contributed by atoms with Gasteiger partial charge in [-0.1, -0.05) is 39.7 Å². The molecule has 17 heavy (non-hydrogen) atoms. The second-order valence-corrected chi connectivity index (χ2v) is 4.94. The summed E-state index contributed by atoms with van der Waals surface area (Å²) in [7, 11) is 0. The van der Waals surface area contributed by atoms with E-state index in [0.717, 1.165) is 15.7 Å². The molecule has 3 rings (SSSR count). The van der Waals surface area contributed by atoms with Crippen LogP contribution in [0.15, 0.2) is 47.3 Å². The zero-order valence-corrected chi connectivity index (χ0v) is 11.0. The zero-order valence-electron chi connectivity index (χ0n) is 8.64. The van der Waals surface area contributed by atoms with Gasteiger partial charge in [-0.2, -0.15) is 0 Å². The van der Waals surface area contributed by atoms with Crippen molar-refractivity contribution in [1.29, 1.82) is 0 Å². The quantitative estimate of drug-likeness (QED) is 0.684. The predicted octanol–water partition coefficient (Wildman–Crippen LogP) is 3.81. The maximum absolute atomic E-state index is 5.94. The van der Waals surface area contributed by atoms with E-state index in [1.54, 1.807) is 12.4 Å². The van der Waals surface area contributed by atoms with Gasteiger partial charge < -0.3 is 0 Å². The van der Waals surface area contributed by atoms with E-state index in [-0.39, 0.29) is 0 Å². The number of imidazole rings is 1. The van der Waals surface area contributed by atoms with Crippen molar-refractivity contribution in [2.24, 2.45) is 0 Å². The molecule has 0 aliphatic rings. The summed E-state index contributed by atoms with van der Waals surface area (Å²) in [6.45, 7) is 0. The Bertz CT molecular complexity index is 676. The Hall–Kier alpha value is -1.39. The zero-order chi connectivity index (χ0) is 11.8. The highest BCUT2D eigenvalue weighted by Gasteiger charge is 2.06. The van der Waals surface area contributed by atoms with Crippen molar-refractivity contribution < 1.29 is 0 Å². The normalized spacial score (nSPS) is 10.9. The van der Waals surface area contributed by atoms with Gasteiger partial charge in [-0.15, -0.1) is 0 Å². The van der Waals surface area contributed by atoms with Crippen molar-refractivity contribution in [1.82, 2.24) is 14.4 Å². The Morgan fingerprint density at radius 1 is 1.06 bits per heavy atom. The molecule has 0 aliphatic carbocycles. The summed E-state index contributed by atoms with van der Waals surface area (Å²) in [5.74, 6) is 0.646. The van der Waals surface area contributed by atoms with Gasteiger partial charge in [0.05, 0.1) is 23.1 Å². The third-order valence-corrected chi connectivity index (χ3v) is 3.20. The fourth-order valence-electron chi connectivity index (χ4n) is 1.68. The molecular weight excluding hydrogens is 302 g/mol. The van der Waals surface area contributed by atoms with Gasteiger partial charge >= 0.3 is 0 Å². The van der Waals surface area contributed by atoms with Crippen LogP contribution in [0.4, 0.5) is 0 Å². The number of nitrogens with zero attached hydrogens (tertiary/aromatic N) is 3. The van der Waals surface area contributed by atoms with Crippen molar-refractivity contribution in [3.63, 3.8) is 0 Å². The largest absolute Gasteiger partial charge is 0.282 e. The van der Waals surface area contributed by atoms with Gasteiger partial charge in [-0.3, -0.25) is 4.40 Å². The monoisotopic (exact) mass is 307 g/mol. The minimum absolute atomic E-state index is 0.592. The molecule has 5 heteroatoms. The Morgan fingerprint density at radius 3 is 2.53 bits per heavy atom. The molecule has 0 N–H and O–H groups in total. The average molecular weight is 309 g/mol. The third kappa shape index (κ3) is 1.94. The van der Waals surface area contributed by atoms with Crippen LogP contribution in [0.5, 0.6) is 0 Å². The smallest absolute Gasteiger partial charge is 0.234 e. The van der Waals surface area contributed by atoms with E-state index in [1.807, 2.05) is 34.9 Å². The van der Waals surface area contributed by atoms with Crippen LogP contribution >= 0.6 is 27.5 Å². The maximum Gasteiger partial charge on any atom is 0.234 e. The van der Waals surface area contributed by atoms with Crippen molar-refractivity contribution in [2.45, 2.75) is 0 Å². The molecule has 0 spiro atoms. The molecule has 84 valence electrons. The standard InChI is InChI=1S/C12H7BrClN3/c13-9-3-1-8(2-4-9)11-6-16-12-15-5-10(14)7-17(11)12/h1-7H. The van der Waals surface area contributed by atoms with Crippen LogP contribution in [0.2, 0.25) is 5.02 Å². The summed E-state index contributed by atoms with van der Waals surface area (Å²) >= 11 is 9.36. The number of hydrogen-bond acceptors (Lipinski definition) is 2. The minimum Gasteiger partial charge on any atom is -0.282 e. The highest BCUT2D eigenvalue weighted by Crippen LogP contribution is 2.23. The topological polar surface area (TPSA) is 30.2 Å². The van der Waals surface area contributed by atoms with Gasteiger partial charge in [-0.25, -0.2) is 9.97 Å². The fraction of sp³-hybridized carbons (Fsp3) is 0. The molecule has 0 atom stereocenters. The maximum atomic E-state index is 5.94. The number of fused-ring (bicyclic) bond motifs is 1. The Morgan fingerprint density at radius 2 is 1.76 bits per heavy atom. The molecule has 1 aromatic carbocycles. The van der Waals surface area contributed by atoms with E-state index in [1.165, 1.54) is 0 Å². The molecule has 0 saturated heterocycles. The summed E-state index contributed by atoms with van der Waals surface area (Å²) in [5.41, 5.74) is 2.05. The molecule has 0 saturated carbocycles. The van der Waals surface area contributed by atoms with Crippen molar-refractivity contribution in [3.8, 4) is 11.3 Å². The van der Waals surface area contributed by atoms with Crippen molar-refractivity contribution >= 4 is 33.3 Å². The highest BCUT2D eigenvalue weighted by atomic mass is 79.9. The first-order chi connectivity index (χ1) is 8.24. The van der Waals surface area contributed by atoms with Gasteiger partial charge in [0.15, 0.2) is 0 Å². The van der Waals surface area contributed by atoms with E-state index in [4.69, 9.17) is 11.6 Å². The van der Waals surface area contributed by atoms with Gasteiger partial charge in [0.25, 0.3) is 0 Å². The summed E-state index contributed by atoms with van der Waals surface area (Å²) < 4.78 is 2.93. The Kier molecular flexibility index (Phi) is 2.61. The molecule has 2 aromatic heterocycles. The second-order valence-electron chi connectivity index (χ2n) is 3.59.